The molecule has 4 fully saturated rings. The van der Waals surface area contributed by atoms with Gasteiger partial charge in [-0.3, -0.25) is 0 Å². The van der Waals surface area contributed by atoms with Gasteiger partial charge in [-0.1, -0.05) is 13.8 Å². The molecule has 2 amide bonds. The van der Waals surface area contributed by atoms with Crippen molar-refractivity contribution in [2.45, 2.75) is 121 Å². The third kappa shape index (κ3) is 5.39. The summed E-state index contributed by atoms with van der Waals surface area (Å²) < 4.78 is 13.4. The second kappa shape index (κ2) is 9.86. The highest BCUT2D eigenvalue weighted by Gasteiger charge is 2.45. The SMILES string of the molecule is CC(C)c1cnn2c(NC3CC4CCC(C3)N4C(=O)O[C@@H]3CCN(C(=O)OC(C)(C)C)C3)cc(C3CC3)nc12. The van der Waals surface area contributed by atoms with Gasteiger partial charge < -0.3 is 24.6 Å². The van der Waals surface area contributed by atoms with Crippen molar-refractivity contribution in [3.05, 3.63) is 23.5 Å². The quantitative estimate of drug-likeness (QED) is 0.552. The molecule has 0 radical (unpaired) electrons. The number of piperidine rings is 1. The summed E-state index contributed by atoms with van der Waals surface area (Å²) in [4.78, 5) is 34.3. The minimum Gasteiger partial charge on any atom is -0.444 e. The Balaban J connectivity index is 1.10. The number of likely N-dealkylation sites (tertiary alicyclic amines) is 1. The van der Waals surface area contributed by atoms with E-state index in [9.17, 15) is 9.59 Å². The molecule has 2 unspecified atom stereocenters. The average Bonchev–Trinajstić information content (AvgIpc) is 3.32. The van der Waals surface area contributed by atoms with Crippen molar-refractivity contribution in [1.82, 2.24) is 24.4 Å². The van der Waals surface area contributed by atoms with E-state index in [0.717, 1.165) is 42.8 Å². The zero-order valence-electron chi connectivity index (χ0n) is 23.9. The maximum atomic E-state index is 13.3. The Morgan fingerprint density at radius 2 is 1.77 bits per heavy atom. The smallest absolute Gasteiger partial charge is 0.410 e. The Bertz CT molecular complexity index is 1230. The van der Waals surface area contributed by atoms with E-state index in [1.165, 1.54) is 18.4 Å². The molecule has 1 saturated carbocycles. The molecule has 0 aromatic carbocycles. The molecule has 3 atom stereocenters. The molecule has 2 bridgehead atoms. The fourth-order valence-corrected chi connectivity index (χ4v) is 6.42. The lowest BCUT2D eigenvalue weighted by molar-refractivity contribution is 0.0203. The predicted octanol–water partition coefficient (Wildman–Crippen LogP) is 5.28. The summed E-state index contributed by atoms with van der Waals surface area (Å²) in [7, 11) is 0. The maximum Gasteiger partial charge on any atom is 0.410 e. The van der Waals surface area contributed by atoms with E-state index in [4.69, 9.17) is 14.5 Å². The topological polar surface area (TPSA) is 101 Å². The largest absolute Gasteiger partial charge is 0.444 e. The van der Waals surface area contributed by atoms with E-state index in [2.05, 4.69) is 30.3 Å². The number of ether oxygens (including phenoxy) is 2. The molecule has 6 rings (SSSR count). The Morgan fingerprint density at radius 1 is 1.05 bits per heavy atom. The summed E-state index contributed by atoms with van der Waals surface area (Å²) in [5.74, 6) is 1.92. The van der Waals surface area contributed by atoms with Crippen LogP contribution in [-0.2, 0) is 9.47 Å². The number of carbonyl (C=O) groups excluding carboxylic acids is 2. The lowest BCUT2D eigenvalue weighted by atomic mass is 9.97. The monoisotopic (exact) mass is 538 g/mol. The number of anilines is 1. The molecule has 10 nitrogen and oxygen atoms in total. The molecule has 3 aliphatic heterocycles. The number of aromatic nitrogens is 3. The van der Waals surface area contributed by atoms with Gasteiger partial charge in [-0.2, -0.15) is 9.61 Å². The number of fused-ring (bicyclic) bond motifs is 3. The molecule has 4 aliphatic rings. The van der Waals surface area contributed by atoms with Gasteiger partial charge in [0.1, 0.15) is 17.5 Å². The summed E-state index contributed by atoms with van der Waals surface area (Å²) >= 11 is 0. The van der Waals surface area contributed by atoms with Crippen LogP contribution in [0, 0.1) is 0 Å². The fraction of sp³-hybridized carbons (Fsp3) is 0.724. The first-order valence-electron chi connectivity index (χ1n) is 14.7. The van der Waals surface area contributed by atoms with E-state index in [1.807, 2.05) is 36.4 Å². The van der Waals surface area contributed by atoms with Crippen LogP contribution in [0.25, 0.3) is 5.65 Å². The zero-order valence-corrected chi connectivity index (χ0v) is 23.9. The average molecular weight is 539 g/mol. The van der Waals surface area contributed by atoms with Gasteiger partial charge in [-0.25, -0.2) is 14.6 Å². The van der Waals surface area contributed by atoms with E-state index in [0.29, 0.717) is 31.3 Å². The molecule has 39 heavy (non-hydrogen) atoms. The standard InChI is InChI=1S/C29H42N6O4/c1-17(2)23-15-30-35-25(14-24(18-6-7-18)32-26(23)35)31-19-12-20-8-9-21(13-19)34(20)28(37)38-22-10-11-33(16-22)27(36)39-29(3,4)5/h14-15,17-22,31H,6-13,16H2,1-5H3/t19?,20?,21?,22-/m1/s1. The molecule has 2 aromatic heterocycles. The number of hydrogen-bond donors (Lipinski definition) is 1. The molecule has 0 spiro atoms. The van der Waals surface area contributed by atoms with Crippen molar-refractivity contribution in [3.8, 4) is 0 Å². The number of hydrogen-bond acceptors (Lipinski definition) is 7. The van der Waals surface area contributed by atoms with Crippen LogP contribution in [0.5, 0.6) is 0 Å². The van der Waals surface area contributed by atoms with E-state index < -0.39 is 5.60 Å². The second-order valence-corrected chi connectivity index (χ2v) is 13.2. The highest BCUT2D eigenvalue weighted by Crippen LogP contribution is 2.41. The summed E-state index contributed by atoms with van der Waals surface area (Å²) in [5, 5.41) is 8.48. The van der Waals surface area contributed by atoms with Crippen LogP contribution < -0.4 is 5.32 Å². The van der Waals surface area contributed by atoms with Crippen molar-refractivity contribution < 1.29 is 19.1 Å². The summed E-state index contributed by atoms with van der Waals surface area (Å²) in [5.41, 5.74) is 2.75. The molecule has 3 saturated heterocycles. The molecule has 1 aliphatic carbocycles. The number of nitrogens with one attached hydrogen (secondary N) is 1. The van der Waals surface area contributed by atoms with Crippen LogP contribution in [0.2, 0.25) is 0 Å². The number of amides is 2. The Kier molecular flexibility index (Phi) is 6.62. The Labute approximate surface area is 230 Å². The van der Waals surface area contributed by atoms with Crippen LogP contribution in [-0.4, -0.2) is 79.5 Å². The number of rotatable bonds is 5. The lowest BCUT2D eigenvalue weighted by Gasteiger charge is -2.39. The third-order valence-electron chi connectivity index (χ3n) is 8.50. The normalized spacial score (nSPS) is 26.9. The Morgan fingerprint density at radius 3 is 2.41 bits per heavy atom. The summed E-state index contributed by atoms with van der Waals surface area (Å²) in [6.07, 6.45) is 7.85. The van der Waals surface area contributed by atoms with Gasteiger partial charge in [-0.15, -0.1) is 0 Å². The second-order valence-electron chi connectivity index (χ2n) is 13.2. The van der Waals surface area contributed by atoms with Gasteiger partial charge in [0.15, 0.2) is 5.65 Å². The van der Waals surface area contributed by atoms with Gasteiger partial charge in [0, 0.05) is 54.3 Å². The highest BCUT2D eigenvalue weighted by molar-refractivity contribution is 5.71. The van der Waals surface area contributed by atoms with Crippen molar-refractivity contribution in [2.24, 2.45) is 0 Å². The van der Waals surface area contributed by atoms with Crippen LogP contribution in [0.15, 0.2) is 12.3 Å². The summed E-state index contributed by atoms with van der Waals surface area (Å²) in [6, 6.07) is 2.74. The van der Waals surface area contributed by atoms with Crippen LogP contribution in [0.1, 0.15) is 103 Å². The van der Waals surface area contributed by atoms with Gasteiger partial charge >= 0.3 is 12.2 Å². The van der Waals surface area contributed by atoms with Gasteiger partial charge in [0.25, 0.3) is 0 Å². The maximum absolute atomic E-state index is 13.3. The Hall–Kier alpha value is -3.04. The molecule has 2 aromatic rings. The first-order chi connectivity index (χ1) is 18.6. The van der Waals surface area contributed by atoms with Gasteiger partial charge in [0.05, 0.1) is 12.7 Å². The van der Waals surface area contributed by atoms with E-state index in [1.54, 1.807) is 4.90 Å². The van der Waals surface area contributed by atoms with Gasteiger partial charge in [-0.05, 0) is 65.2 Å². The van der Waals surface area contributed by atoms with Crippen molar-refractivity contribution in [1.29, 1.82) is 0 Å². The van der Waals surface area contributed by atoms with Crippen molar-refractivity contribution >= 4 is 23.7 Å². The lowest BCUT2D eigenvalue weighted by Crippen LogP contribution is -2.50. The first-order valence-corrected chi connectivity index (χ1v) is 14.7. The third-order valence-corrected chi connectivity index (χ3v) is 8.50. The first kappa shape index (κ1) is 26.2. The number of carbonyl (C=O) groups is 2. The minimum absolute atomic E-state index is 0.154. The number of nitrogens with zero attached hydrogens (tertiary/aromatic N) is 5. The molecule has 1 N–H and O–H groups in total. The van der Waals surface area contributed by atoms with Crippen LogP contribution in [0.3, 0.4) is 0 Å². The fourth-order valence-electron chi connectivity index (χ4n) is 6.42. The molecular formula is C29H42N6O4. The van der Waals surface area contributed by atoms with Gasteiger partial charge in [0.2, 0.25) is 0 Å². The molecular weight excluding hydrogens is 496 g/mol. The predicted molar refractivity (Wildman–Crippen MR) is 147 cm³/mol. The van der Waals surface area contributed by atoms with Crippen LogP contribution >= 0.6 is 0 Å². The molecule has 5 heterocycles. The van der Waals surface area contributed by atoms with E-state index >= 15 is 0 Å². The summed E-state index contributed by atoms with van der Waals surface area (Å²) in [6.45, 7) is 10.9. The van der Waals surface area contributed by atoms with E-state index in [-0.39, 0.29) is 36.4 Å². The zero-order chi connectivity index (χ0) is 27.5. The molecule has 10 heteroatoms. The molecule has 212 valence electrons. The van der Waals surface area contributed by atoms with Crippen LogP contribution in [0.4, 0.5) is 15.4 Å². The minimum atomic E-state index is -0.543. The van der Waals surface area contributed by atoms with Crippen molar-refractivity contribution in [3.63, 3.8) is 0 Å². The van der Waals surface area contributed by atoms with Crippen molar-refractivity contribution in [2.75, 3.05) is 18.4 Å². The highest BCUT2D eigenvalue weighted by atomic mass is 16.6.